The zero-order chi connectivity index (χ0) is 22.4. The van der Waals surface area contributed by atoms with E-state index in [0.717, 1.165) is 0 Å². The highest BCUT2D eigenvalue weighted by molar-refractivity contribution is 6.01. The van der Waals surface area contributed by atoms with E-state index in [-0.39, 0.29) is 11.3 Å². The van der Waals surface area contributed by atoms with Gasteiger partial charge in [-0.05, 0) is 43.7 Å². The van der Waals surface area contributed by atoms with E-state index < -0.39 is 18.0 Å². The number of hydrogen-bond acceptors (Lipinski definition) is 5. The van der Waals surface area contributed by atoms with E-state index >= 15 is 0 Å². The summed E-state index contributed by atoms with van der Waals surface area (Å²) in [5.41, 5.74) is 2.74. The lowest BCUT2D eigenvalue weighted by Gasteiger charge is -2.16. The van der Waals surface area contributed by atoms with E-state index in [9.17, 15) is 19.6 Å². The predicted octanol–water partition coefficient (Wildman–Crippen LogP) is 4.61. The van der Waals surface area contributed by atoms with Gasteiger partial charge in [-0.25, -0.2) is 4.79 Å². The van der Waals surface area contributed by atoms with E-state index in [4.69, 9.17) is 4.74 Å². The summed E-state index contributed by atoms with van der Waals surface area (Å²) in [4.78, 5) is 36.8. The first-order chi connectivity index (χ1) is 14.9. The zero-order valence-electron chi connectivity index (χ0n) is 17.1. The number of nitriles is 1. The fourth-order valence-corrected chi connectivity index (χ4v) is 3.05. The van der Waals surface area contributed by atoms with Gasteiger partial charge in [0.25, 0.3) is 5.91 Å². The van der Waals surface area contributed by atoms with Crippen LogP contribution < -0.4 is 5.32 Å². The second-order valence-electron chi connectivity index (χ2n) is 6.88. The van der Waals surface area contributed by atoms with Crippen molar-refractivity contribution in [3.63, 3.8) is 0 Å². The van der Waals surface area contributed by atoms with Gasteiger partial charge in [0.05, 0.1) is 17.2 Å². The minimum Gasteiger partial charge on any atom is -0.449 e. The normalized spacial score (nSPS) is 11.1. The molecule has 6 nitrogen and oxygen atoms in total. The molecule has 3 rings (SSSR count). The Hall–Kier alpha value is -4.24. The third kappa shape index (κ3) is 5.03. The maximum absolute atomic E-state index is 12.8. The Morgan fingerprint density at radius 2 is 1.61 bits per heavy atom. The molecule has 3 aromatic carbocycles. The average molecular weight is 412 g/mol. The van der Waals surface area contributed by atoms with E-state index in [1.807, 2.05) is 0 Å². The van der Waals surface area contributed by atoms with Crippen LogP contribution in [0.4, 0.5) is 5.69 Å². The molecule has 1 atom stereocenters. The van der Waals surface area contributed by atoms with Gasteiger partial charge in [0, 0.05) is 16.8 Å². The van der Waals surface area contributed by atoms with E-state index in [1.54, 1.807) is 72.8 Å². The first-order valence-corrected chi connectivity index (χ1v) is 9.62. The van der Waals surface area contributed by atoms with Crippen LogP contribution in [0.25, 0.3) is 11.1 Å². The largest absolute Gasteiger partial charge is 0.449 e. The summed E-state index contributed by atoms with van der Waals surface area (Å²) >= 11 is 0. The molecule has 3 aromatic rings. The van der Waals surface area contributed by atoms with Gasteiger partial charge in [-0.15, -0.1) is 0 Å². The molecule has 0 fully saturated rings. The maximum atomic E-state index is 12.8. The van der Waals surface area contributed by atoms with Crippen LogP contribution in [0.2, 0.25) is 0 Å². The highest BCUT2D eigenvalue weighted by Crippen LogP contribution is 2.27. The molecule has 31 heavy (non-hydrogen) atoms. The van der Waals surface area contributed by atoms with Crippen molar-refractivity contribution in [1.82, 2.24) is 0 Å². The lowest BCUT2D eigenvalue weighted by atomic mass is 9.96. The van der Waals surface area contributed by atoms with Crippen molar-refractivity contribution in [3.05, 3.63) is 89.5 Å². The number of rotatable bonds is 6. The number of amides is 1. The quantitative estimate of drug-likeness (QED) is 0.471. The summed E-state index contributed by atoms with van der Waals surface area (Å²) in [6, 6.07) is 22.3. The van der Waals surface area contributed by atoms with E-state index in [1.165, 1.54) is 13.8 Å². The molecule has 0 heterocycles. The third-order valence-electron chi connectivity index (χ3n) is 4.67. The minimum absolute atomic E-state index is 0.121. The first kappa shape index (κ1) is 21.5. The van der Waals surface area contributed by atoms with Crippen molar-refractivity contribution in [1.29, 1.82) is 5.26 Å². The van der Waals surface area contributed by atoms with Gasteiger partial charge >= 0.3 is 5.97 Å². The Kier molecular flexibility index (Phi) is 6.58. The summed E-state index contributed by atoms with van der Waals surface area (Å²) in [5, 5.41) is 12.0. The average Bonchev–Trinajstić information content (AvgIpc) is 2.79. The van der Waals surface area contributed by atoms with Crippen LogP contribution >= 0.6 is 0 Å². The van der Waals surface area contributed by atoms with Crippen molar-refractivity contribution in [2.75, 3.05) is 5.32 Å². The summed E-state index contributed by atoms with van der Waals surface area (Å²) in [5.74, 6) is -1.32. The second-order valence-corrected chi connectivity index (χ2v) is 6.88. The Morgan fingerprint density at radius 3 is 2.32 bits per heavy atom. The molecule has 0 saturated carbocycles. The number of Topliss-reactive ketones (excluding diaryl/α,β-unsaturated/α-hetero) is 1. The number of benzene rings is 3. The molecule has 0 unspecified atom stereocenters. The molecule has 1 amide bonds. The highest BCUT2D eigenvalue weighted by atomic mass is 16.5. The number of esters is 1. The third-order valence-corrected chi connectivity index (χ3v) is 4.67. The van der Waals surface area contributed by atoms with Crippen molar-refractivity contribution >= 4 is 23.3 Å². The molecule has 0 spiro atoms. The first-order valence-electron chi connectivity index (χ1n) is 9.62. The Labute approximate surface area is 180 Å². The molecule has 0 radical (unpaired) electrons. The van der Waals surface area contributed by atoms with Gasteiger partial charge in [0.1, 0.15) is 0 Å². The van der Waals surface area contributed by atoms with Gasteiger partial charge in [0.15, 0.2) is 11.9 Å². The summed E-state index contributed by atoms with van der Waals surface area (Å²) in [6.07, 6.45) is -1.08. The topological polar surface area (TPSA) is 96.3 Å². The fraction of sp³-hybridized carbons (Fsp3) is 0.120. The zero-order valence-corrected chi connectivity index (χ0v) is 17.1. The van der Waals surface area contributed by atoms with Gasteiger partial charge in [-0.1, -0.05) is 48.5 Å². The van der Waals surface area contributed by atoms with Crippen molar-refractivity contribution in [3.8, 4) is 17.2 Å². The molecule has 1 N–H and O–H groups in total. The van der Waals surface area contributed by atoms with Crippen LogP contribution in [0.3, 0.4) is 0 Å². The highest BCUT2D eigenvalue weighted by Gasteiger charge is 2.22. The Balaban J connectivity index is 1.78. The number of ether oxygens (including phenoxy) is 1. The standard InChI is InChI=1S/C25H20N2O4/c1-16(28)18-9-7-10-20(14-18)27-24(29)17(2)31-25(30)23-13-6-5-12-22(23)21-11-4-3-8-19(21)15-26/h3-14,17H,1-2H3,(H,27,29)/t17-/m1/s1. The van der Waals surface area contributed by atoms with E-state index in [2.05, 4.69) is 11.4 Å². The minimum atomic E-state index is -1.08. The molecule has 0 bridgehead atoms. The van der Waals surface area contributed by atoms with Gasteiger partial charge in [-0.3, -0.25) is 9.59 Å². The molecular weight excluding hydrogens is 392 g/mol. The molecule has 0 aliphatic carbocycles. The molecule has 0 aliphatic heterocycles. The number of hydrogen-bond donors (Lipinski definition) is 1. The van der Waals surface area contributed by atoms with Crippen LogP contribution in [0.5, 0.6) is 0 Å². The summed E-state index contributed by atoms with van der Waals surface area (Å²) < 4.78 is 5.38. The van der Waals surface area contributed by atoms with Gasteiger partial charge in [-0.2, -0.15) is 5.26 Å². The smallest absolute Gasteiger partial charge is 0.339 e. The van der Waals surface area contributed by atoms with Crippen molar-refractivity contribution < 1.29 is 19.1 Å². The number of carbonyl (C=O) groups is 3. The van der Waals surface area contributed by atoms with Crippen LogP contribution in [0.1, 0.15) is 40.1 Å². The molecular formula is C25H20N2O4. The number of nitrogens with zero attached hydrogens (tertiary/aromatic N) is 1. The number of ketones is 1. The summed E-state index contributed by atoms with van der Waals surface area (Å²) in [6.45, 7) is 2.90. The molecule has 154 valence electrons. The molecule has 0 aromatic heterocycles. The predicted molar refractivity (Wildman–Crippen MR) is 117 cm³/mol. The second kappa shape index (κ2) is 9.51. The van der Waals surface area contributed by atoms with Gasteiger partial charge in [0.2, 0.25) is 0 Å². The fourth-order valence-electron chi connectivity index (χ4n) is 3.05. The van der Waals surface area contributed by atoms with Gasteiger partial charge < -0.3 is 10.1 Å². The van der Waals surface area contributed by atoms with Crippen LogP contribution in [0, 0.1) is 11.3 Å². The molecule has 0 aliphatic rings. The summed E-state index contributed by atoms with van der Waals surface area (Å²) in [7, 11) is 0. The van der Waals surface area contributed by atoms with Crippen LogP contribution in [-0.4, -0.2) is 23.8 Å². The SMILES string of the molecule is CC(=O)c1cccc(NC(=O)[C@@H](C)OC(=O)c2ccccc2-c2ccccc2C#N)c1. The van der Waals surface area contributed by atoms with Crippen LogP contribution in [-0.2, 0) is 9.53 Å². The lowest BCUT2D eigenvalue weighted by Crippen LogP contribution is -2.30. The van der Waals surface area contributed by atoms with Crippen molar-refractivity contribution in [2.45, 2.75) is 20.0 Å². The number of nitrogens with one attached hydrogen (secondary N) is 1. The number of carbonyl (C=O) groups excluding carboxylic acids is 3. The lowest BCUT2D eigenvalue weighted by molar-refractivity contribution is -0.123. The Morgan fingerprint density at radius 1 is 0.935 bits per heavy atom. The molecule has 0 saturated heterocycles. The van der Waals surface area contributed by atoms with Crippen molar-refractivity contribution in [2.24, 2.45) is 0 Å². The Bertz CT molecular complexity index is 1190. The monoisotopic (exact) mass is 412 g/mol. The maximum Gasteiger partial charge on any atom is 0.339 e. The van der Waals surface area contributed by atoms with E-state index in [0.29, 0.717) is 27.9 Å². The number of anilines is 1. The van der Waals surface area contributed by atoms with Crippen LogP contribution in [0.15, 0.2) is 72.8 Å². The molecule has 6 heteroatoms.